The molecule has 0 aliphatic rings. The molecular formula is C8H10O. The molecular weight excluding hydrogens is 112 g/mol. The van der Waals surface area contributed by atoms with Crippen molar-refractivity contribution in [3.05, 3.63) is 30.2 Å². The SMILES string of the molecule is C=Cc1ccoc1CC. The summed E-state index contributed by atoms with van der Waals surface area (Å²) in [4.78, 5) is 0. The smallest absolute Gasteiger partial charge is 0.110 e. The van der Waals surface area contributed by atoms with Crippen molar-refractivity contribution in [2.24, 2.45) is 0 Å². The van der Waals surface area contributed by atoms with Gasteiger partial charge in [0.15, 0.2) is 0 Å². The number of rotatable bonds is 2. The first-order valence-corrected chi connectivity index (χ1v) is 3.07. The van der Waals surface area contributed by atoms with Crippen LogP contribution in [-0.2, 0) is 6.42 Å². The summed E-state index contributed by atoms with van der Waals surface area (Å²) in [6.45, 7) is 5.71. The van der Waals surface area contributed by atoms with E-state index in [-0.39, 0.29) is 0 Å². The third kappa shape index (κ3) is 1.04. The zero-order chi connectivity index (χ0) is 6.69. The fourth-order valence-corrected chi connectivity index (χ4v) is 0.820. The highest BCUT2D eigenvalue weighted by Crippen LogP contribution is 2.11. The number of aryl methyl sites for hydroxylation is 1. The third-order valence-corrected chi connectivity index (χ3v) is 1.32. The van der Waals surface area contributed by atoms with E-state index in [9.17, 15) is 0 Å². The van der Waals surface area contributed by atoms with Gasteiger partial charge in [-0.2, -0.15) is 0 Å². The Morgan fingerprint density at radius 1 is 1.78 bits per heavy atom. The van der Waals surface area contributed by atoms with Crippen LogP contribution in [-0.4, -0.2) is 0 Å². The Balaban J connectivity index is 2.98. The maximum atomic E-state index is 5.13. The van der Waals surface area contributed by atoms with Gasteiger partial charge in [0.05, 0.1) is 6.26 Å². The molecule has 0 amide bonds. The van der Waals surface area contributed by atoms with Gasteiger partial charge in [-0.15, -0.1) is 0 Å². The molecule has 0 fully saturated rings. The normalized spacial score (nSPS) is 9.44. The van der Waals surface area contributed by atoms with E-state index in [0.717, 1.165) is 17.7 Å². The standard InChI is InChI=1S/C8H10O/c1-3-7-5-6-9-8(7)4-2/h3,5-6H,1,4H2,2H3. The lowest BCUT2D eigenvalue weighted by Crippen LogP contribution is -1.75. The molecule has 0 aliphatic heterocycles. The maximum absolute atomic E-state index is 5.13. The summed E-state index contributed by atoms with van der Waals surface area (Å²) in [6, 6.07) is 1.92. The second-order valence-electron chi connectivity index (χ2n) is 1.86. The second kappa shape index (κ2) is 2.53. The molecule has 1 rings (SSSR count). The van der Waals surface area contributed by atoms with Crippen molar-refractivity contribution < 1.29 is 4.42 Å². The molecule has 9 heavy (non-hydrogen) atoms. The van der Waals surface area contributed by atoms with E-state index in [1.807, 2.05) is 12.1 Å². The Morgan fingerprint density at radius 3 is 3.00 bits per heavy atom. The van der Waals surface area contributed by atoms with Crippen molar-refractivity contribution in [1.29, 1.82) is 0 Å². The van der Waals surface area contributed by atoms with Gasteiger partial charge in [-0.1, -0.05) is 19.6 Å². The first kappa shape index (κ1) is 6.14. The third-order valence-electron chi connectivity index (χ3n) is 1.32. The minimum Gasteiger partial charge on any atom is -0.469 e. The van der Waals surface area contributed by atoms with Gasteiger partial charge in [0, 0.05) is 12.0 Å². The van der Waals surface area contributed by atoms with E-state index < -0.39 is 0 Å². The van der Waals surface area contributed by atoms with Crippen LogP contribution in [0.25, 0.3) is 6.08 Å². The summed E-state index contributed by atoms with van der Waals surface area (Å²) < 4.78 is 5.13. The lowest BCUT2D eigenvalue weighted by molar-refractivity contribution is 0.515. The van der Waals surface area contributed by atoms with Crippen molar-refractivity contribution in [3.63, 3.8) is 0 Å². The first-order chi connectivity index (χ1) is 4.38. The van der Waals surface area contributed by atoms with Crippen molar-refractivity contribution in [2.75, 3.05) is 0 Å². The lowest BCUT2D eigenvalue weighted by Gasteiger charge is -1.88. The Kier molecular flexibility index (Phi) is 1.73. The lowest BCUT2D eigenvalue weighted by atomic mass is 10.2. The molecule has 0 atom stereocenters. The predicted octanol–water partition coefficient (Wildman–Crippen LogP) is 2.49. The average Bonchev–Trinajstić information content (AvgIpc) is 2.33. The molecule has 1 heterocycles. The zero-order valence-corrected chi connectivity index (χ0v) is 5.55. The van der Waals surface area contributed by atoms with Gasteiger partial charge in [-0.25, -0.2) is 0 Å². The van der Waals surface area contributed by atoms with Gasteiger partial charge in [0.1, 0.15) is 5.76 Å². The summed E-state index contributed by atoms with van der Waals surface area (Å²) in [5.41, 5.74) is 1.11. The molecule has 0 radical (unpaired) electrons. The molecule has 0 aliphatic carbocycles. The molecule has 48 valence electrons. The number of hydrogen-bond acceptors (Lipinski definition) is 1. The van der Waals surface area contributed by atoms with Crippen LogP contribution in [0.2, 0.25) is 0 Å². The van der Waals surface area contributed by atoms with E-state index in [1.165, 1.54) is 0 Å². The van der Waals surface area contributed by atoms with Crippen molar-refractivity contribution in [2.45, 2.75) is 13.3 Å². The monoisotopic (exact) mass is 122 g/mol. The highest BCUT2D eigenvalue weighted by atomic mass is 16.3. The molecule has 0 spiro atoms. The molecule has 1 nitrogen and oxygen atoms in total. The topological polar surface area (TPSA) is 13.1 Å². The van der Waals surface area contributed by atoms with E-state index in [0.29, 0.717) is 0 Å². The molecule has 1 heteroatoms. The molecule has 0 saturated carbocycles. The molecule has 0 N–H and O–H groups in total. The van der Waals surface area contributed by atoms with Gasteiger partial charge in [-0.3, -0.25) is 0 Å². The fourth-order valence-electron chi connectivity index (χ4n) is 0.820. The second-order valence-corrected chi connectivity index (χ2v) is 1.86. The van der Waals surface area contributed by atoms with Crippen molar-refractivity contribution in [3.8, 4) is 0 Å². The molecule has 1 aromatic rings. The van der Waals surface area contributed by atoms with E-state index in [2.05, 4.69) is 13.5 Å². The van der Waals surface area contributed by atoms with Crippen LogP contribution >= 0.6 is 0 Å². The zero-order valence-electron chi connectivity index (χ0n) is 5.55. The van der Waals surface area contributed by atoms with E-state index in [4.69, 9.17) is 4.42 Å². The van der Waals surface area contributed by atoms with Crippen molar-refractivity contribution >= 4 is 6.08 Å². The maximum Gasteiger partial charge on any atom is 0.110 e. The highest BCUT2D eigenvalue weighted by Gasteiger charge is 1.96. The van der Waals surface area contributed by atoms with E-state index in [1.54, 1.807) is 6.26 Å². The summed E-state index contributed by atoms with van der Waals surface area (Å²) in [6.07, 6.45) is 4.44. The van der Waals surface area contributed by atoms with Crippen LogP contribution in [0.3, 0.4) is 0 Å². The summed E-state index contributed by atoms with van der Waals surface area (Å²) in [5.74, 6) is 1.02. The van der Waals surface area contributed by atoms with Crippen molar-refractivity contribution in [1.82, 2.24) is 0 Å². The highest BCUT2D eigenvalue weighted by molar-refractivity contribution is 5.48. The van der Waals surface area contributed by atoms with Crippen LogP contribution < -0.4 is 0 Å². The molecule has 0 aromatic carbocycles. The Bertz CT molecular complexity index is 198. The number of hydrogen-bond donors (Lipinski definition) is 0. The van der Waals surface area contributed by atoms with E-state index >= 15 is 0 Å². The largest absolute Gasteiger partial charge is 0.469 e. The van der Waals surface area contributed by atoms with Gasteiger partial charge in [0.25, 0.3) is 0 Å². The van der Waals surface area contributed by atoms with Crippen LogP contribution in [0.15, 0.2) is 23.3 Å². The van der Waals surface area contributed by atoms with Crippen LogP contribution in [0.5, 0.6) is 0 Å². The van der Waals surface area contributed by atoms with Crippen LogP contribution in [0.4, 0.5) is 0 Å². The average molecular weight is 122 g/mol. The summed E-state index contributed by atoms with van der Waals surface area (Å²) >= 11 is 0. The van der Waals surface area contributed by atoms with Crippen LogP contribution in [0, 0.1) is 0 Å². The quantitative estimate of drug-likeness (QED) is 0.587. The number of furan rings is 1. The van der Waals surface area contributed by atoms with Gasteiger partial charge in [-0.05, 0) is 6.07 Å². The van der Waals surface area contributed by atoms with Gasteiger partial charge < -0.3 is 4.42 Å². The Hall–Kier alpha value is -0.980. The molecule has 1 aromatic heterocycles. The predicted molar refractivity (Wildman–Crippen MR) is 38.2 cm³/mol. The summed E-state index contributed by atoms with van der Waals surface area (Å²) in [5, 5.41) is 0. The molecule has 0 saturated heterocycles. The Morgan fingerprint density at radius 2 is 2.56 bits per heavy atom. The minimum atomic E-state index is 0.939. The molecule has 0 bridgehead atoms. The van der Waals surface area contributed by atoms with Crippen LogP contribution in [0.1, 0.15) is 18.2 Å². The van der Waals surface area contributed by atoms with Gasteiger partial charge in [0.2, 0.25) is 0 Å². The van der Waals surface area contributed by atoms with Gasteiger partial charge >= 0.3 is 0 Å². The first-order valence-electron chi connectivity index (χ1n) is 3.07. The fraction of sp³-hybridized carbons (Fsp3) is 0.250. The minimum absolute atomic E-state index is 0.939. The Labute approximate surface area is 55.0 Å². The molecule has 0 unspecified atom stereocenters. The summed E-state index contributed by atoms with van der Waals surface area (Å²) in [7, 11) is 0.